The molecule has 0 aliphatic heterocycles. The first-order chi connectivity index (χ1) is 16.8. The fraction of sp³-hybridized carbons (Fsp3) is 0.294. The summed E-state index contributed by atoms with van der Waals surface area (Å²) in [6, 6.07) is 38.6. The summed E-state index contributed by atoms with van der Waals surface area (Å²) in [5.41, 5.74) is 2.35. The Morgan fingerprint density at radius 2 is 0.694 bits per heavy atom. The van der Waals surface area contributed by atoms with E-state index in [1.807, 2.05) is 104 Å². The smallest absolute Gasteiger partial charge is 0 e. The van der Waals surface area contributed by atoms with Crippen LogP contribution < -0.4 is 0 Å². The molecule has 4 rings (SSSR count). The molecule has 0 saturated carbocycles. The van der Waals surface area contributed by atoms with Crippen molar-refractivity contribution in [3.63, 3.8) is 0 Å². The Hall–Kier alpha value is -0.652. The zero-order valence-corrected chi connectivity index (χ0v) is 29.9. The first kappa shape index (κ1) is 45.3. The van der Waals surface area contributed by atoms with Crippen molar-refractivity contribution >= 4 is 10.8 Å². The molecule has 0 bridgehead atoms. The van der Waals surface area contributed by atoms with Crippen molar-refractivity contribution in [3.8, 4) is 0 Å². The van der Waals surface area contributed by atoms with Gasteiger partial charge in [-0.3, -0.25) is 0 Å². The molecule has 4 aromatic rings. The maximum absolute atomic E-state index is 3.72. The SMILES string of the molecule is CC.CC.CC.CC.[CH2-]Cc1[c-]cccc1.[CH2-]Cc1[c-]cccc1.[Y].[Y].c1ccc2ccccc2c1. The first-order valence-electron chi connectivity index (χ1n) is 12.8. The van der Waals surface area contributed by atoms with E-state index in [0.29, 0.717) is 0 Å². The zero-order chi connectivity index (χ0) is 26.5. The summed E-state index contributed by atoms with van der Waals surface area (Å²) in [5.74, 6) is 0. The molecule has 194 valence electrons. The second kappa shape index (κ2) is 38.9. The molecule has 0 fully saturated rings. The van der Waals surface area contributed by atoms with E-state index in [1.165, 1.54) is 21.9 Å². The van der Waals surface area contributed by atoms with Gasteiger partial charge in [-0.1, -0.05) is 104 Å². The quantitative estimate of drug-likeness (QED) is 0.193. The average Bonchev–Trinajstić information content (AvgIpc) is 2.99. The molecule has 0 atom stereocenters. The Labute approximate surface area is 275 Å². The van der Waals surface area contributed by atoms with Crippen molar-refractivity contribution in [1.29, 1.82) is 0 Å². The summed E-state index contributed by atoms with van der Waals surface area (Å²) in [7, 11) is 0. The van der Waals surface area contributed by atoms with Crippen molar-refractivity contribution in [1.82, 2.24) is 0 Å². The van der Waals surface area contributed by atoms with Gasteiger partial charge in [0.15, 0.2) is 0 Å². The van der Waals surface area contributed by atoms with Gasteiger partial charge in [0.05, 0.1) is 0 Å². The van der Waals surface area contributed by atoms with E-state index in [1.54, 1.807) is 0 Å². The summed E-state index contributed by atoms with van der Waals surface area (Å²) in [4.78, 5) is 0. The third-order valence-corrected chi connectivity index (χ3v) is 3.74. The van der Waals surface area contributed by atoms with Crippen LogP contribution in [0, 0.1) is 26.0 Å². The molecule has 36 heavy (non-hydrogen) atoms. The molecule has 0 nitrogen and oxygen atoms in total. The molecule has 0 heterocycles. The average molecular weight is 635 g/mol. The maximum atomic E-state index is 3.72. The van der Waals surface area contributed by atoms with Crippen LogP contribution in [0.2, 0.25) is 0 Å². The molecule has 0 aliphatic carbocycles. The fourth-order valence-corrected chi connectivity index (χ4v) is 2.30. The maximum Gasteiger partial charge on any atom is 0 e. The molecule has 0 spiro atoms. The number of hydrogen-bond donors (Lipinski definition) is 0. The Balaban J connectivity index is -0.000000115. The molecule has 0 amide bonds. The molecule has 2 radical (unpaired) electrons. The van der Waals surface area contributed by atoms with Crippen molar-refractivity contribution in [3.05, 3.63) is 134 Å². The summed E-state index contributed by atoms with van der Waals surface area (Å²) < 4.78 is 0. The van der Waals surface area contributed by atoms with Gasteiger partial charge in [-0.25, -0.2) is 0 Å². The number of fused-ring (bicyclic) bond motifs is 1. The van der Waals surface area contributed by atoms with Crippen molar-refractivity contribution in [2.45, 2.75) is 68.2 Å². The molecule has 0 aromatic heterocycles. The molecular formula is C34H48Y2-4. The second-order valence-electron chi connectivity index (χ2n) is 5.62. The largest absolute Gasteiger partial charge is 0.341 e. The van der Waals surface area contributed by atoms with Crippen molar-refractivity contribution in [2.24, 2.45) is 0 Å². The van der Waals surface area contributed by atoms with E-state index in [9.17, 15) is 0 Å². The molecule has 4 aromatic carbocycles. The van der Waals surface area contributed by atoms with Crippen molar-refractivity contribution < 1.29 is 65.4 Å². The van der Waals surface area contributed by atoms with Crippen LogP contribution in [-0.4, -0.2) is 0 Å². The normalized spacial score (nSPS) is 7.50. The summed E-state index contributed by atoms with van der Waals surface area (Å²) in [6.45, 7) is 23.4. The number of hydrogen-bond acceptors (Lipinski definition) is 0. The van der Waals surface area contributed by atoms with Gasteiger partial charge in [-0.2, -0.15) is 84.6 Å². The Kier molecular flexibility index (Phi) is 48.9. The van der Waals surface area contributed by atoms with Crippen LogP contribution in [0.4, 0.5) is 0 Å². The summed E-state index contributed by atoms with van der Waals surface area (Å²) >= 11 is 0. The number of benzene rings is 4. The third-order valence-electron chi connectivity index (χ3n) is 3.74. The van der Waals surface area contributed by atoms with Crippen LogP contribution in [-0.2, 0) is 78.3 Å². The minimum atomic E-state index is 0. The Morgan fingerprint density at radius 1 is 0.444 bits per heavy atom. The van der Waals surface area contributed by atoms with E-state index in [0.717, 1.165) is 12.8 Å². The first-order valence-corrected chi connectivity index (χ1v) is 12.8. The Morgan fingerprint density at radius 3 is 0.861 bits per heavy atom. The molecule has 0 unspecified atom stereocenters. The summed E-state index contributed by atoms with van der Waals surface area (Å²) in [6.07, 6.45) is 1.67. The van der Waals surface area contributed by atoms with Crippen LogP contribution in [0.1, 0.15) is 66.5 Å². The topological polar surface area (TPSA) is 0 Å². The van der Waals surface area contributed by atoms with Gasteiger partial charge in [0, 0.05) is 65.4 Å². The fourth-order valence-electron chi connectivity index (χ4n) is 2.30. The van der Waals surface area contributed by atoms with Crippen molar-refractivity contribution in [2.75, 3.05) is 0 Å². The van der Waals surface area contributed by atoms with E-state index in [4.69, 9.17) is 0 Å². The van der Waals surface area contributed by atoms with Gasteiger partial charge in [0.1, 0.15) is 0 Å². The molecule has 0 N–H and O–H groups in total. The van der Waals surface area contributed by atoms with Crippen LogP contribution in [0.25, 0.3) is 10.8 Å². The summed E-state index contributed by atoms with van der Waals surface area (Å²) in [5, 5.41) is 2.62. The molecule has 0 saturated heterocycles. The Bertz CT molecular complexity index is 754. The van der Waals surface area contributed by atoms with Crippen LogP contribution in [0.5, 0.6) is 0 Å². The van der Waals surface area contributed by atoms with Gasteiger partial charge in [-0.15, -0.1) is 0 Å². The van der Waals surface area contributed by atoms with E-state index >= 15 is 0 Å². The van der Waals surface area contributed by atoms with Gasteiger partial charge >= 0.3 is 0 Å². The van der Waals surface area contributed by atoms with Gasteiger partial charge in [-0.05, 0) is 10.8 Å². The van der Waals surface area contributed by atoms with E-state index in [2.05, 4.69) is 74.5 Å². The van der Waals surface area contributed by atoms with Gasteiger partial charge < -0.3 is 13.8 Å². The van der Waals surface area contributed by atoms with Gasteiger partial charge in [0.2, 0.25) is 0 Å². The molecular weight excluding hydrogens is 586 g/mol. The minimum absolute atomic E-state index is 0. The van der Waals surface area contributed by atoms with Crippen LogP contribution in [0.3, 0.4) is 0 Å². The number of rotatable bonds is 2. The minimum Gasteiger partial charge on any atom is -0.341 e. The predicted molar refractivity (Wildman–Crippen MR) is 158 cm³/mol. The van der Waals surface area contributed by atoms with E-state index < -0.39 is 0 Å². The van der Waals surface area contributed by atoms with E-state index in [-0.39, 0.29) is 65.4 Å². The third kappa shape index (κ3) is 25.0. The van der Waals surface area contributed by atoms with Crippen LogP contribution in [0.15, 0.2) is 97.1 Å². The molecule has 0 aliphatic rings. The van der Waals surface area contributed by atoms with Gasteiger partial charge in [0.25, 0.3) is 0 Å². The second-order valence-corrected chi connectivity index (χ2v) is 5.62. The van der Waals surface area contributed by atoms with Crippen LogP contribution >= 0.6 is 0 Å². The standard InChI is InChI=1S/C10H8.2C8H8.4C2H6.2Y/c1-2-6-10-8-4-3-7-9(10)5-1;2*1-2-8-6-4-3-5-7-8;4*1-2;;/h1-8H;2*3-6H,1-2H2;4*1-2H3;;/q;2*-2;;;;;;. The molecule has 2 heteroatoms. The monoisotopic (exact) mass is 634 g/mol. The zero-order valence-electron chi connectivity index (χ0n) is 24.2. The predicted octanol–water partition coefficient (Wildman–Crippen LogP) is 10.7.